The third-order valence-corrected chi connectivity index (χ3v) is 1.25. The standard InChI is InChI=1S/C6H8O7.CH2O3.2Ca.2ClH.K.Mg.3Na.H3O4P/c7-3(8)1-6(13,5(11)12)2-4(9)10;2-1(3)4;;;;;;;;;;1-5(2,3)4/h13H,1-2H2,(H,7,8)(H,9,10)(H,11,12);(H2,2,3,4);;;2*1H;;;;;;(H3,1,2,3,4)/q;;2*+2;;;+1;+2;3*+1;/p-10. The molecule has 0 unspecified atom stereocenters. The summed E-state index contributed by atoms with van der Waals surface area (Å²) in [5.41, 5.74) is -2.97. The third-order valence-electron chi connectivity index (χ3n) is 1.25. The first-order chi connectivity index (χ1) is 9.51. The maximum atomic E-state index is 10.1. The van der Waals surface area contributed by atoms with E-state index in [1.54, 1.807) is 0 Å². The van der Waals surface area contributed by atoms with Gasteiger partial charge >= 0.3 is 239 Å². The van der Waals surface area contributed by atoms with Crippen LogP contribution in [0.1, 0.15) is 12.8 Å². The number of halogens is 2. The van der Waals surface area contributed by atoms with Gasteiger partial charge in [-0.15, -0.1) is 0 Å². The predicted octanol–water partition coefficient (Wildman–Crippen LogP) is -29.6. The summed E-state index contributed by atoms with van der Waals surface area (Å²) in [5.74, 6) is -5.98. The van der Waals surface area contributed by atoms with Crippen molar-refractivity contribution in [2.45, 2.75) is 18.4 Å². The van der Waals surface area contributed by atoms with E-state index in [4.69, 9.17) is 39.4 Å². The Morgan fingerprint density at radius 2 is 0.871 bits per heavy atom. The van der Waals surface area contributed by atoms with Crippen LogP contribution in [0.3, 0.4) is 0 Å². The van der Waals surface area contributed by atoms with E-state index in [0.717, 1.165) is 0 Å². The Morgan fingerprint density at radius 1 is 0.742 bits per heavy atom. The van der Waals surface area contributed by atoms with Crippen molar-refractivity contribution in [2.24, 2.45) is 0 Å². The predicted molar refractivity (Wildman–Crippen MR) is 59.5 cm³/mol. The Labute approximate surface area is 373 Å². The smallest absolute Gasteiger partial charge is 1.00 e. The van der Waals surface area contributed by atoms with Gasteiger partial charge in [-0.2, -0.15) is 7.82 Å². The first-order valence-electron chi connectivity index (χ1n) is 4.46. The average molecular weight is 628 g/mol. The van der Waals surface area contributed by atoms with Gasteiger partial charge in [0.25, 0.3) is 0 Å². The second kappa shape index (κ2) is 43.3. The van der Waals surface area contributed by atoms with Crippen molar-refractivity contribution in [1.29, 1.82) is 0 Å². The molecule has 31 heavy (non-hydrogen) atoms. The first-order valence-corrected chi connectivity index (χ1v) is 5.92. The minimum absolute atomic E-state index is 0. The van der Waals surface area contributed by atoms with E-state index in [1.807, 2.05) is 0 Å². The van der Waals surface area contributed by atoms with Crippen molar-refractivity contribution < 1.29 is 234 Å². The Bertz CT molecular complexity index is 467. The zero-order valence-electron chi connectivity index (χ0n) is 17.0. The van der Waals surface area contributed by atoms with Gasteiger partial charge in [-0.3, -0.25) is 0 Å². The molecule has 0 aromatic carbocycles. The van der Waals surface area contributed by atoms with E-state index in [2.05, 4.69) is 0 Å². The number of carbonyl (C=O) groups excluding carboxylic acids is 4. The molecule has 0 aliphatic heterocycles. The normalized spacial score (nSPS) is 7.23. The molecule has 0 spiro atoms. The SMILES string of the molecule is O=C([O-])CC(O)(CC(=O)[O-])C(=O)[O-].O=C([O-])[O-].O=P([O-])([O-])[O-].[Ca+2].[Ca+2].[Cl-].[Cl-].[K+].[Mg+2].[Na+].[Na+].[Na+]. The number of hydrogen-bond acceptors (Lipinski definition) is 14. The van der Waals surface area contributed by atoms with Crippen LogP contribution in [-0.4, -0.2) is 133 Å². The van der Waals surface area contributed by atoms with Crippen LogP contribution < -0.4 is 205 Å². The number of hydrogen-bond donors (Lipinski definition) is 1. The van der Waals surface area contributed by atoms with Gasteiger partial charge in [-0.1, -0.05) is 0 Å². The minimum atomic E-state index is -5.39. The van der Waals surface area contributed by atoms with Crippen LogP contribution in [-0.2, 0) is 18.9 Å². The molecule has 0 bridgehead atoms. The van der Waals surface area contributed by atoms with Crippen molar-refractivity contribution in [3.63, 3.8) is 0 Å². The van der Waals surface area contributed by atoms with Gasteiger partial charge in [0.1, 0.15) is 5.60 Å². The number of rotatable bonds is 5. The molecule has 0 heterocycles. The molecule has 0 rings (SSSR count). The van der Waals surface area contributed by atoms with Crippen LogP contribution in [0.15, 0.2) is 0 Å². The molecule has 0 saturated heterocycles. The summed E-state index contributed by atoms with van der Waals surface area (Å²) in [6, 6.07) is 0. The Balaban J connectivity index is -0.0000000177. The fourth-order valence-corrected chi connectivity index (χ4v) is 0.684. The van der Waals surface area contributed by atoms with Gasteiger partial charge in [-0.25, -0.2) is 0 Å². The van der Waals surface area contributed by atoms with Gasteiger partial charge < -0.3 is 93.9 Å². The van der Waals surface area contributed by atoms with Crippen LogP contribution in [0, 0.1) is 0 Å². The number of carboxylic acid groups (broad SMARTS) is 5. The summed E-state index contributed by atoms with van der Waals surface area (Å²) in [7, 11) is -5.39. The van der Waals surface area contributed by atoms with Crippen molar-refractivity contribution in [1.82, 2.24) is 0 Å². The Kier molecular flexibility index (Phi) is 107. The van der Waals surface area contributed by atoms with Gasteiger partial charge in [0, 0.05) is 24.8 Å². The van der Waals surface area contributed by atoms with E-state index in [1.165, 1.54) is 0 Å². The Morgan fingerprint density at radius 3 is 0.935 bits per heavy atom. The number of carbonyl (C=O) groups is 4. The summed E-state index contributed by atoms with van der Waals surface area (Å²) >= 11 is 0. The molecular weight excluding hydrogens is 622 g/mol. The molecule has 0 atom stereocenters. The summed E-state index contributed by atoms with van der Waals surface area (Å²) in [5, 5.41) is 55.6. The van der Waals surface area contributed by atoms with E-state index in [9.17, 15) is 29.7 Å². The van der Waals surface area contributed by atoms with Crippen molar-refractivity contribution in [3.05, 3.63) is 0 Å². The molecule has 146 valence electrons. The third kappa shape index (κ3) is 85.9. The molecular formula is C7H5Ca2Cl2KMgNa3O14P. The molecule has 0 aromatic heterocycles. The fourth-order valence-electron chi connectivity index (χ4n) is 0.684. The minimum Gasteiger partial charge on any atom is -1.00 e. The second-order valence-corrected chi connectivity index (χ2v) is 4.01. The molecule has 0 radical (unpaired) electrons. The largest absolute Gasteiger partial charge is 2.00 e. The van der Waals surface area contributed by atoms with Crippen molar-refractivity contribution >= 4 is 130 Å². The number of aliphatic carboxylic acids is 3. The molecule has 1 N–H and O–H groups in total. The monoisotopic (exact) mass is 626 g/mol. The summed E-state index contributed by atoms with van der Waals surface area (Å²) in [6.07, 6.45) is -5.05. The van der Waals surface area contributed by atoms with Crippen molar-refractivity contribution in [2.75, 3.05) is 0 Å². The van der Waals surface area contributed by atoms with E-state index in [-0.39, 0.29) is 263 Å². The molecule has 14 nitrogen and oxygen atoms in total. The molecule has 0 aliphatic carbocycles. The van der Waals surface area contributed by atoms with Crippen LogP contribution >= 0.6 is 7.82 Å². The fraction of sp³-hybridized carbons (Fsp3) is 0.429. The molecule has 0 amide bonds. The number of aliphatic hydroxyl groups is 1. The van der Waals surface area contributed by atoms with Crippen LogP contribution in [0.5, 0.6) is 0 Å². The Hall–Kier alpha value is 6.25. The van der Waals surface area contributed by atoms with E-state index >= 15 is 0 Å². The number of phosphoric acid groups is 1. The maximum absolute atomic E-state index is 10.1. The summed E-state index contributed by atoms with van der Waals surface area (Å²) < 4.78 is 8.55. The quantitative estimate of drug-likeness (QED) is 0.219. The molecule has 0 aromatic rings. The number of carboxylic acids is 3. The van der Waals surface area contributed by atoms with Gasteiger partial charge in [-0.05, 0) is 6.16 Å². The molecule has 0 saturated carbocycles. The summed E-state index contributed by atoms with van der Waals surface area (Å²) in [6.45, 7) is 0. The van der Waals surface area contributed by atoms with Crippen LogP contribution in [0.4, 0.5) is 4.79 Å². The molecule has 24 heteroatoms. The zero-order valence-corrected chi connectivity index (χ0v) is 34.4. The first kappa shape index (κ1) is 76.8. The topological polar surface area (TPSA) is 290 Å². The zero-order chi connectivity index (χ0) is 18.7. The molecule has 0 fully saturated rings. The van der Waals surface area contributed by atoms with E-state index in [0.29, 0.717) is 0 Å². The maximum Gasteiger partial charge on any atom is 2.00 e. The van der Waals surface area contributed by atoms with Crippen LogP contribution in [0.25, 0.3) is 0 Å². The van der Waals surface area contributed by atoms with Gasteiger partial charge in [0.2, 0.25) is 0 Å². The molecule has 0 aliphatic rings. The van der Waals surface area contributed by atoms with Crippen LogP contribution in [0.2, 0.25) is 0 Å². The second-order valence-electron chi connectivity index (χ2n) is 3.11. The van der Waals surface area contributed by atoms with Gasteiger partial charge in [0.05, 0.1) is 5.97 Å². The van der Waals surface area contributed by atoms with E-state index < -0.39 is 50.3 Å². The average Bonchev–Trinajstić information content (AvgIpc) is 2.09. The van der Waals surface area contributed by atoms with Gasteiger partial charge in [0.15, 0.2) is 0 Å². The summed E-state index contributed by atoms with van der Waals surface area (Å²) in [4.78, 5) is 64.0. The van der Waals surface area contributed by atoms with Crippen molar-refractivity contribution in [3.8, 4) is 0 Å².